The SMILES string of the molecule is CCOc1ccc(NS(=O)(=O)c2ccc(OC)cc2)cc1. The van der Waals surface area contributed by atoms with E-state index in [1.807, 2.05) is 6.92 Å². The Hall–Kier alpha value is -2.21. The number of ether oxygens (including phenoxy) is 2. The van der Waals surface area contributed by atoms with Crippen molar-refractivity contribution in [3.63, 3.8) is 0 Å². The number of sulfonamides is 1. The highest BCUT2D eigenvalue weighted by Crippen LogP contribution is 2.21. The summed E-state index contributed by atoms with van der Waals surface area (Å²) in [4.78, 5) is 0.178. The Morgan fingerprint density at radius 1 is 0.952 bits per heavy atom. The van der Waals surface area contributed by atoms with Crippen LogP contribution in [-0.2, 0) is 10.0 Å². The molecule has 21 heavy (non-hydrogen) atoms. The van der Waals surface area contributed by atoms with Crippen LogP contribution >= 0.6 is 0 Å². The largest absolute Gasteiger partial charge is 0.497 e. The average molecular weight is 307 g/mol. The zero-order chi connectivity index (χ0) is 15.3. The zero-order valence-electron chi connectivity index (χ0n) is 11.9. The van der Waals surface area contributed by atoms with Crippen LogP contribution in [0, 0.1) is 0 Å². The second-order valence-electron chi connectivity index (χ2n) is 4.24. The van der Waals surface area contributed by atoms with Crippen molar-refractivity contribution in [3.05, 3.63) is 48.5 Å². The van der Waals surface area contributed by atoms with Gasteiger partial charge in [-0.25, -0.2) is 8.42 Å². The van der Waals surface area contributed by atoms with Gasteiger partial charge in [-0.1, -0.05) is 0 Å². The Morgan fingerprint density at radius 3 is 2.05 bits per heavy atom. The van der Waals surface area contributed by atoms with Crippen LogP contribution in [0.2, 0.25) is 0 Å². The number of hydrogen-bond donors (Lipinski definition) is 1. The number of anilines is 1. The van der Waals surface area contributed by atoms with E-state index in [-0.39, 0.29) is 4.90 Å². The molecule has 0 heterocycles. The van der Waals surface area contributed by atoms with Crippen molar-refractivity contribution in [2.24, 2.45) is 0 Å². The molecule has 2 aromatic carbocycles. The molecule has 6 heteroatoms. The first-order valence-electron chi connectivity index (χ1n) is 6.45. The second-order valence-corrected chi connectivity index (χ2v) is 5.92. The average Bonchev–Trinajstić information content (AvgIpc) is 2.49. The van der Waals surface area contributed by atoms with Crippen LogP contribution in [0.3, 0.4) is 0 Å². The number of rotatable bonds is 6. The van der Waals surface area contributed by atoms with E-state index in [2.05, 4.69) is 4.72 Å². The molecule has 0 saturated heterocycles. The summed E-state index contributed by atoms with van der Waals surface area (Å²) >= 11 is 0. The van der Waals surface area contributed by atoms with Gasteiger partial charge in [0.25, 0.3) is 10.0 Å². The Morgan fingerprint density at radius 2 is 1.52 bits per heavy atom. The molecule has 0 amide bonds. The smallest absolute Gasteiger partial charge is 0.261 e. The number of nitrogens with one attached hydrogen (secondary N) is 1. The molecule has 0 atom stereocenters. The molecule has 5 nitrogen and oxygen atoms in total. The molecule has 0 aromatic heterocycles. The van der Waals surface area contributed by atoms with Crippen LogP contribution in [-0.4, -0.2) is 22.1 Å². The van der Waals surface area contributed by atoms with Gasteiger partial charge in [0.2, 0.25) is 0 Å². The van der Waals surface area contributed by atoms with Gasteiger partial charge in [0.1, 0.15) is 11.5 Å². The van der Waals surface area contributed by atoms with Crippen LogP contribution in [0.5, 0.6) is 11.5 Å². The molecule has 0 aliphatic carbocycles. The topological polar surface area (TPSA) is 64.6 Å². The normalized spacial score (nSPS) is 11.0. The molecule has 0 unspecified atom stereocenters. The highest BCUT2D eigenvalue weighted by molar-refractivity contribution is 7.92. The molecule has 112 valence electrons. The van der Waals surface area contributed by atoms with Gasteiger partial charge in [-0.3, -0.25) is 4.72 Å². The van der Waals surface area contributed by atoms with Crippen molar-refractivity contribution in [2.75, 3.05) is 18.4 Å². The van der Waals surface area contributed by atoms with Gasteiger partial charge in [-0.2, -0.15) is 0 Å². The molecule has 0 fully saturated rings. The fourth-order valence-electron chi connectivity index (χ4n) is 1.75. The van der Waals surface area contributed by atoms with Crippen molar-refractivity contribution in [1.82, 2.24) is 0 Å². The Kier molecular flexibility index (Phi) is 4.70. The van der Waals surface area contributed by atoms with Crippen molar-refractivity contribution in [1.29, 1.82) is 0 Å². The van der Waals surface area contributed by atoms with E-state index in [0.717, 1.165) is 0 Å². The van der Waals surface area contributed by atoms with Crippen molar-refractivity contribution in [3.8, 4) is 11.5 Å². The van der Waals surface area contributed by atoms with E-state index in [4.69, 9.17) is 9.47 Å². The monoisotopic (exact) mass is 307 g/mol. The third-order valence-electron chi connectivity index (χ3n) is 2.79. The molecule has 0 radical (unpaired) electrons. The maximum absolute atomic E-state index is 12.2. The highest BCUT2D eigenvalue weighted by atomic mass is 32.2. The lowest BCUT2D eigenvalue weighted by Gasteiger charge is -2.09. The quantitative estimate of drug-likeness (QED) is 0.891. The van der Waals surface area contributed by atoms with Gasteiger partial charge in [0.15, 0.2) is 0 Å². The zero-order valence-corrected chi connectivity index (χ0v) is 12.7. The first-order valence-corrected chi connectivity index (χ1v) is 7.93. The van der Waals surface area contributed by atoms with Crippen LogP contribution in [0.1, 0.15) is 6.92 Å². The lowest BCUT2D eigenvalue weighted by atomic mass is 10.3. The third kappa shape index (κ3) is 3.88. The third-order valence-corrected chi connectivity index (χ3v) is 4.18. The van der Waals surface area contributed by atoms with E-state index < -0.39 is 10.0 Å². The summed E-state index contributed by atoms with van der Waals surface area (Å²) in [6.07, 6.45) is 0. The lowest BCUT2D eigenvalue weighted by Crippen LogP contribution is -2.12. The van der Waals surface area contributed by atoms with Gasteiger partial charge in [-0.05, 0) is 55.5 Å². The van der Waals surface area contributed by atoms with E-state index in [1.54, 1.807) is 36.4 Å². The molecule has 0 saturated carbocycles. The van der Waals surface area contributed by atoms with Crippen LogP contribution in [0.25, 0.3) is 0 Å². The first-order chi connectivity index (χ1) is 10.0. The van der Waals surface area contributed by atoms with Gasteiger partial charge >= 0.3 is 0 Å². The van der Waals surface area contributed by atoms with Crippen molar-refractivity contribution >= 4 is 15.7 Å². The number of methoxy groups -OCH3 is 1. The highest BCUT2D eigenvalue weighted by Gasteiger charge is 2.14. The molecule has 0 spiro atoms. The minimum atomic E-state index is -3.61. The van der Waals surface area contributed by atoms with E-state index in [1.165, 1.54) is 19.2 Å². The van der Waals surface area contributed by atoms with E-state index >= 15 is 0 Å². The van der Waals surface area contributed by atoms with Gasteiger partial charge < -0.3 is 9.47 Å². The molecular formula is C15H17NO4S. The molecule has 2 aromatic rings. The van der Waals surface area contributed by atoms with Crippen molar-refractivity contribution < 1.29 is 17.9 Å². The predicted molar refractivity (Wildman–Crippen MR) is 81.4 cm³/mol. The second kappa shape index (κ2) is 6.49. The van der Waals surface area contributed by atoms with E-state index in [9.17, 15) is 8.42 Å². The summed E-state index contributed by atoms with van der Waals surface area (Å²) in [6, 6.07) is 13.0. The fourth-order valence-corrected chi connectivity index (χ4v) is 2.81. The summed E-state index contributed by atoms with van der Waals surface area (Å²) in [5, 5.41) is 0. The van der Waals surface area contributed by atoms with Gasteiger partial charge in [0.05, 0.1) is 18.6 Å². The maximum atomic E-state index is 12.2. The molecule has 0 aliphatic heterocycles. The Balaban J connectivity index is 2.16. The molecule has 2 rings (SSSR count). The van der Waals surface area contributed by atoms with Crippen molar-refractivity contribution in [2.45, 2.75) is 11.8 Å². The Labute approximate surface area is 124 Å². The maximum Gasteiger partial charge on any atom is 0.261 e. The first kappa shape index (κ1) is 15.2. The van der Waals surface area contributed by atoms with Gasteiger partial charge in [-0.15, -0.1) is 0 Å². The standard InChI is InChI=1S/C15H17NO4S/c1-3-20-14-6-4-12(5-7-14)16-21(17,18)15-10-8-13(19-2)9-11-15/h4-11,16H,3H2,1-2H3. The van der Waals surface area contributed by atoms with Gasteiger partial charge in [0, 0.05) is 5.69 Å². The number of benzene rings is 2. The summed E-state index contributed by atoms with van der Waals surface area (Å²) in [7, 11) is -2.08. The Bertz CT molecular complexity index is 679. The molecule has 1 N–H and O–H groups in total. The van der Waals surface area contributed by atoms with Crippen LogP contribution in [0.4, 0.5) is 5.69 Å². The predicted octanol–water partition coefficient (Wildman–Crippen LogP) is 2.89. The van der Waals surface area contributed by atoms with Crippen LogP contribution < -0.4 is 14.2 Å². The molecular weight excluding hydrogens is 290 g/mol. The molecule has 0 aliphatic rings. The lowest BCUT2D eigenvalue weighted by molar-refractivity contribution is 0.340. The summed E-state index contributed by atoms with van der Waals surface area (Å²) in [5.41, 5.74) is 0.481. The number of hydrogen-bond acceptors (Lipinski definition) is 4. The minimum absolute atomic E-state index is 0.178. The summed E-state index contributed by atoms with van der Waals surface area (Å²) in [6.45, 7) is 2.46. The summed E-state index contributed by atoms with van der Waals surface area (Å²) < 4.78 is 37.3. The summed E-state index contributed by atoms with van der Waals surface area (Å²) in [5.74, 6) is 1.31. The van der Waals surface area contributed by atoms with Crippen LogP contribution in [0.15, 0.2) is 53.4 Å². The fraction of sp³-hybridized carbons (Fsp3) is 0.200. The minimum Gasteiger partial charge on any atom is -0.497 e. The van der Waals surface area contributed by atoms with E-state index in [0.29, 0.717) is 23.8 Å². The molecule has 0 bridgehead atoms.